The van der Waals surface area contributed by atoms with Crippen molar-refractivity contribution in [3.63, 3.8) is 0 Å². The van der Waals surface area contributed by atoms with E-state index in [0.29, 0.717) is 15.7 Å². The highest BCUT2D eigenvalue weighted by Crippen LogP contribution is 2.25. The van der Waals surface area contributed by atoms with Crippen molar-refractivity contribution in [2.24, 2.45) is 0 Å². The zero-order valence-corrected chi connectivity index (χ0v) is 11.0. The van der Waals surface area contributed by atoms with Crippen molar-refractivity contribution in [1.29, 1.82) is 5.26 Å². The van der Waals surface area contributed by atoms with E-state index in [0.717, 1.165) is 0 Å². The highest BCUT2D eigenvalue weighted by molar-refractivity contribution is 6.36. The fraction of sp³-hybridized carbons (Fsp3) is 0.167. The first-order valence-electron chi connectivity index (χ1n) is 5.07. The number of carbonyl (C=O) groups is 1. The molecule has 0 amide bonds. The number of benzene rings is 1. The number of anilines is 1. The second-order valence-corrected chi connectivity index (χ2v) is 4.00. The number of halogens is 2. The second-order valence-electron chi connectivity index (χ2n) is 3.16. The molecule has 1 N–H and O–H groups in total. The normalized spacial score (nSPS) is 10.7. The summed E-state index contributed by atoms with van der Waals surface area (Å²) in [5.74, 6) is -0.683. The average Bonchev–Trinajstić information content (AvgIpc) is 2.32. The fourth-order valence-corrected chi connectivity index (χ4v) is 1.57. The molecule has 0 fully saturated rings. The van der Waals surface area contributed by atoms with Crippen molar-refractivity contribution in [3.8, 4) is 6.07 Å². The highest BCUT2D eigenvalue weighted by atomic mass is 35.5. The lowest BCUT2D eigenvalue weighted by atomic mass is 10.3. The first kappa shape index (κ1) is 14.4. The van der Waals surface area contributed by atoms with Gasteiger partial charge in [0.1, 0.15) is 6.07 Å². The van der Waals surface area contributed by atoms with E-state index < -0.39 is 5.97 Å². The molecule has 4 nitrogen and oxygen atoms in total. The predicted molar refractivity (Wildman–Crippen MR) is 70.4 cm³/mol. The zero-order chi connectivity index (χ0) is 13.5. The van der Waals surface area contributed by atoms with E-state index in [1.54, 1.807) is 31.2 Å². The van der Waals surface area contributed by atoms with E-state index >= 15 is 0 Å². The van der Waals surface area contributed by atoms with Crippen molar-refractivity contribution >= 4 is 34.9 Å². The van der Waals surface area contributed by atoms with Gasteiger partial charge in [0, 0.05) is 11.2 Å². The molecule has 0 aliphatic heterocycles. The van der Waals surface area contributed by atoms with Gasteiger partial charge in [-0.15, -0.1) is 0 Å². The summed E-state index contributed by atoms with van der Waals surface area (Å²) in [5, 5.41) is 12.4. The minimum Gasteiger partial charge on any atom is -0.462 e. The standard InChI is InChI=1S/C12H10Cl2N2O2/c1-2-18-12(17)8(6-15)7-16-11-4-3-9(13)5-10(11)14/h3-5,7,16H,2H2,1H3. The van der Waals surface area contributed by atoms with Gasteiger partial charge in [-0.1, -0.05) is 23.2 Å². The van der Waals surface area contributed by atoms with Gasteiger partial charge in [-0.3, -0.25) is 0 Å². The molecule has 94 valence electrons. The zero-order valence-electron chi connectivity index (χ0n) is 9.54. The summed E-state index contributed by atoms with van der Waals surface area (Å²) in [7, 11) is 0. The van der Waals surface area contributed by atoms with Gasteiger partial charge < -0.3 is 10.1 Å². The van der Waals surface area contributed by atoms with Crippen molar-refractivity contribution in [2.75, 3.05) is 11.9 Å². The number of nitrogens with one attached hydrogen (secondary N) is 1. The molecule has 0 atom stereocenters. The Kier molecular flexibility index (Phi) is 5.50. The van der Waals surface area contributed by atoms with Crippen molar-refractivity contribution < 1.29 is 9.53 Å². The van der Waals surface area contributed by atoms with E-state index in [9.17, 15) is 4.79 Å². The Bertz CT molecular complexity index is 521. The van der Waals surface area contributed by atoms with Crippen molar-refractivity contribution in [2.45, 2.75) is 6.92 Å². The Morgan fingerprint density at radius 2 is 2.28 bits per heavy atom. The molecule has 0 spiro atoms. The molecule has 1 aromatic carbocycles. The minimum atomic E-state index is -0.683. The Balaban J connectivity index is 2.84. The molecule has 0 aliphatic rings. The van der Waals surface area contributed by atoms with Gasteiger partial charge in [0.05, 0.1) is 17.3 Å². The van der Waals surface area contributed by atoms with Gasteiger partial charge >= 0.3 is 5.97 Å². The Hall–Kier alpha value is -1.70. The smallest absolute Gasteiger partial charge is 0.350 e. The second kappa shape index (κ2) is 6.90. The molecule has 0 unspecified atom stereocenters. The third-order valence-corrected chi connectivity index (χ3v) is 2.47. The summed E-state index contributed by atoms with van der Waals surface area (Å²) in [5.41, 5.74) is 0.404. The number of nitriles is 1. The maximum absolute atomic E-state index is 11.3. The van der Waals surface area contributed by atoms with Gasteiger partial charge in [-0.05, 0) is 25.1 Å². The third-order valence-electron chi connectivity index (χ3n) is 1.92. The largest absolute Gasteiger partial charge is 0.462 e. The molecule has 0 radical (unpaired) electrons. The van der Waals surface area contributed by atoms with E-state index in [-0.39, 0.29) is 12.2 Å². The number of carbonyl (C=O) groups excluding carboxylic acids is 1. The molecule has 0 saturated heterocycles. The van der Waals surface area contributed by atoms with Crippen LogP contribution in [0.4, 0.5) is 5.69 Å². The summed E-state index contributed by atoms with van der Waals surface area (Å²) < 4.78 is 4.71. The lowest BCUT2D eigenvalue weighted by Crippen LogP contribution is -2.07. The van der Waals surface area contributed by atoms with Gasteiger partial charge in [0.25, 0.3) is 0 Å². The monoisotopic (exact) mass is 284 g/mol. The molecule has 0 aromatic heterocycles. The van der Waals surface area contributed by atoms with E-state index in [1.807, 2.05) is 0 Å². The maximum atomic E-state index is 11.3. The number of esters is 1. The number of rotatable bonds is 4. The summed E-state index contributed by atoms with van der Waals surface area (Å²) in [6.07, 6.45) is 1.24. The molecule has 1 aromatic rings. The van der Waals surface area contributed by atoms with E-state index in [2.05, 4.69) is 5.32 Å². The lowest BCUT2D eigenvalue weighted by molar-refractivity contribution is -0.138. The van der Waals surface area contributed by atoms with Crippen LogP contribution in [0.25, 0.3) is 0 Å². The number of ether oxygens (including phenoxy) is 1. The van der Waals surface area contributed by atoms with E-state index in [4.69, 9.17) is 33.2 Å². The van der Waals surface area contributed by atoms with Gasteiger partial charge in [0.2, 0.25) is 0 Å². The lowest BCUT2D eigenvalue weighted by Gasteiger charge is -2.05. The van der Waals surface area contributed by atoms with Crippen LogP contribution in [0.5, 0.6) is 0 Å². The summed E-state index contributed by atoms with van der Waals surface area (Å²) in [6, 6.07) is 6.57. The maximum Gasteiger partial charge on any atom is 0.350 e. The molecule has 6 heteroatoms. The molecule has 18 heavy (non-hydrogen) atoms. The van der Waals surface area contributed by atoms with Crippen LogP contribution in [0.3, 0.4) is 0 Å². The van der Waals surface area contributed by atoms with Crippen LogP contribution in [0.1, 0.15) is 6.92 Å². The summed E-state index contributed by atoms with van der Waals surface area (Å²) in [4.78, 5) is 11.3. The van der Waals surface area contributed by atoms with Crippen LogP contribution in [0.2, 0.25) is 10.0 Å². The van der Waals surface area contributed by atoms with Crippen LogP contribution in [-0.2, 0) is 9.53 Å². The number of nitrogens with zero attached hydrogens (tertiary/aromatic N) is 1. The van der Waals surface area contributed by atoms with Gasteiger partial charge in [-0.2, -0.15) is 5.26 Å². The average molecular weight is 285 g/mol. The first-order chi connectivity index (χ1) is 8.58. The van der Waals surface area contributed by atoms with Crippen LogP contribution >= 0.6 is 23.2 Å². The van der Waals surface area contributed by atoms with Gasteiger partial charge in [-0.25, -0.2) is 4.79 Å². The Morgan fingerprint density at radius 1 is 1.56 bits per heavy atom. The first-order valence-corrected chi connectivity index (χ1v) is 5.83. The number of hydrogen-bond donors (Lipinski definition) is 1. The van der Waals surface area contributed by atoms with Crippen LogP contribution in [0.15, 0.2) is 30.0 Å². The van der Waals surface area contributed by atoms with Crippen LogP contribution < -0.4 is 5.32 Å². The highest BCUT2D eigenvalue weighted by Gasteiger charge is 2.09. The van der Waals surface area contributed by atoms with Crippen molar-refractivity contribution in [1.82, 2.24) is 0 Å². The SMILES string of the molecule is CCOC(=O)C(C#N)=CNc1ccc(Cl)cc1Cl. The Morgan fingerprint density at radius 3 is 2.83 bits per heavy atom. The molecule has 1 rings (SSSR count). The van der Waals surface area contributed by atoms with Crippen LogP contribution in [-0.4, -0.2) is 12.6 Å². The molecule has 0 aliphatic carbocycles. The summed E-state index contributed by atoms with van der Waals surface area (Å²) >= 11 is 11.7. The summed E-state index contributed by atoms with van der Waals surface area (Å²) in [6.45, 7) is 1.87. The fourth-order valence-electron chi connectivity index (χ4n) is 1.10. The molecular formula is C12H10Cl2N2O2. The number of hydrogen-bond acceptors (Lipinski definition) is 4. The molecule has 0 bridgehead atoms. The third kappa shape index (κ3) is 3.95. The van der Waals surface area contributed by atoms with Crippen molar-refractivity contribution in [3.05, 3.63) is 40.0 Å². The molecular weight excluding hydrogens is 275 g/mol. The van der Waals surface area contributed by atoms with E-state index in [1.165, 1.54) is 6.20 Å². The molecule has 0 saturated carbocycles. The molecule has 0 heterocycles. The predicted octanol–water partition coefficient (Wildman–Crippen LogP) is 3.38. The van der Waals surface area contributed by atoms with Gasteiger partial charge in [0.15, 0.2) is 5.57 Å². The minimum absolute atomic E-state index is 0.136. The Labute approximate surface area is 115 Å². The quantitative estimate of drug-likeness (QED) is 0.523. The topological polar surface area (TPSA) is 62.1 Å². The van der Waals surface area contributed by atoms with Crippen LogP contribution in [0, 0.1) is 11.3 Å².